The summed E-state index contributed by atoms with van der Waals surface area (Å²) in [5, 5.41) is 17.8. The smallest absolute Gasteiger partial charge is 0.258 e. The van der Waals surface area contributed by atoms with Crippen molar-refractivity contribution >= 4 is 29.1 Å². The number of aliphatic hydroxyl groups excluding tert-OH is 1. The second-order valence-corrected chi connectivity index (χ2v) is 7.33. The Labute approximate surface area is 161 Å². The van der Waals surface area contributed by atoms with Crippen LogP contribution in [0.25, 0.3) is 10.8 Å². The fourth-order valence-corrected chi connectivity index (χ4v) is 2.64. The van der Waals surface area contributed by atoms with E-state index in [9.17, 15) is 9.90 Å². The highest BCUT2D eigenvalue weighted by Crippen LogP contribution is 2.28. The third kappa shape index (κ3) is 6.83. The first-order chi connectivity index (χ1) is 11.8. The highest BCUT2D eigenvalue weighted by molar-refractivity contribution is 5.88. The van der Waals surface area contributed by atoms with Crippen LogP contribution < -0.4 is 15.4 Å². The van der Waals surface area contributed by atoms with Crippen molar-refractivity contribution in [1.29, 1.82) is 0 Å². The topological polar surface area (TPSA) is 70.6 Å². The maximum Gasteiger partial charge on any atom is 0.258 e. The molecule has 0 aliphatic heterocycles. The van der Waals surface area contributed by atoms with Crippen LogP contribution in [0, 0.1) is 0 Å². The number of benzene rings is 2. The molecule has 1 atom stereocenters. The van der Waals surface area contributed by atoms with Gasteiger partial charge in [0.05, 0.1) is 6.10 Å². The summed E-state index contributed by atoms with van der Waals surface area (Å²) in [5.74, 6) is 0.532. The van der Waals surface area contributed by atoms with Crippen molar-refractivity contribution in [3.63, 3.8) is 0 Å². The van der Waals surface area contributed by atoms with E-state index in [1.165, 1.54) is 0 Å². The van der Waals surface area contributed by atoms with Crippen LogP contribution in [-0.4, -0.2) is 35.8 Å². The van der Waals surface area contributed by atoms with Gasteiger partial charge in [-0.2, -0.15) is 0 Å². The molecule has 0 spiro atoms. The number of carbonyl (C=O) groups is 1. The Bertz CT molecular complexity index is 727. The van der Waals surface area contributed by atoms with E-state index in [-0.39, 0.29) is 30.5 Å². The third-order valence-corrected chi connectivity index (χ3v) is 3.61. The minimum atomic E-state index is -0.420. The average Bonchev–Trinajstić information content (AvgIpc) is 2.51. The lowest BCUT2D eigenvalue weighted by Gasteiger charge is -2.21. The molecule has 1 unspecified atom stereocenters. The molecule has 3 N–H and O–H groups in total. The van der Waals surface area contributed by atoms with Crippen LogP contribution in [0.5, 0.6) is 5.75 Å². The molecule has 26 heavy (non-hydrogen) atoms. The van der Waals surface area contributed by atoms with E-state index in [1.807, 2.05) is 57.2 Å². The Kier molecular flexibility index (Phi) is 8.34. The van der Waals surface area contributed by atoms with Gasteiger partial charge in [-0.1, -0.05) is 30.3 Å². The van der Waals surface area contributed by atoms with Crippen LogP contribution in [0.2, 0.25) is 0 Å². The minimum Gasteiger partial charge on any atom is -0.483 e. The molecule has 0 fully saturated rings. The summed E-state index contributed by atoms with van der Waals surface area (Å²) in [6.07, 6.45) is -0.420. The number of rotatable bonds is 7. The Morgan fingerprint density at radius 2 is 1.88 bits per heavy atom. The second kappa shape index (κ2) is 9.76. The van der Waals surface area contributed by atoms with Gasteiger partial charge in [0, 0.05) is 24.2 Å². The summed E-state index contributed by atoms with van der Waals surface area (Å²) < 4.78 is 5.80. The first kappa shape index (κ1) is 22.2. The fourth-order valence-electron chi connectivity index (χ4n) is 2.64. The summed E-state index contributed by atoms with van der Waals surface area (Å²) in [6.45, 7) is 8.57. The molecule has 6 heteroatoms. The maximum atomic E-state index is 12.0. The molecule has 1 amide bonds. The van der Waals surface area contributed by atoms with Crippen molar-refractivity contribution in [1.82, 2.24) is 10.6 Å². The molecule has 5 nitrogen and oxygen atoms in total. The van der Waals surface area contributed by atoms with E-state index in [2.05, 4.69) is 10.6 Å². The van der Waals surface area contributed by atoms with Gasteiger partial charge in [-0.05, 0) is 44.5 Å². The normalized spacial score (nSPS) is 12.3. The summed E-state index contributed by atoms with van der Waals surface area (Å²) in [7, 11) is 0. The number of nitrogens with one attached hydrogen (secondary N) is 2. The molecule has 2 aromatic rings. The summed E-state index contributed by atoms with van der Waals surface area (Å²) in [6, 6.07) is 11.9. The Hall–Kier alpha value is -1.82. The van der Waals surface area contributed by atoms with Gasteiger partial charge in [-0.25, -0.2) is 0 Å². The Morgan fingerprint density at radius 1 is 1.19 bits per heavy atom. The molecule has 0 bridgehead atoms. The second-order valence-electron chi connectivity index (χ2n) is 7.33. The van der Waals surface area contributed by atoms with E-state index in [0.29, 0.717) is 18.8 Å². The number of carbonyl (C=O) groups excluding carboxylic acids is 1. The van der Waals surface area contributed by atoms with Crippen molar-refractivity contribution in [3.05, 3.63) is 42.0 Å². The average molecular weight is 381 g/mol. The zero-order valence-corrected chi connectivity index (χ0v) is 16.7. The molecule has 0 saturated carbocycles. The van der Waals surface area contributed by atoms with E-state index >= 15 is 0 Å². The largest absolute Gasteiger partial charge is 0.483 e. The minimum absolute atomic E-state index is 0. The van der Waals surface area contributed by atoms with Crippen molar-refractivity contribution in [2.75, 3.05) is 13.2 Å². The predicted octanol–water partition coefficient (Wildman–Crippen LogP) is 3.03. The van der Waals surface area contributed by atoms with Gasteiger partial charge in [0.15, 0.2) is 6.61 Å². The van der Waals surface area contributed by atoms with Crippen LogP contribution >= 0.6 is 12.4 Å². The van der Waals surface area contributed by atoms with Gasteiger partial charge in [0.2, 0.25) is 0 Å². The number of fused-ring (bicyclic) bond motifs is 1. The lowest BCUT2D eigenvalue weighted by atomic mass is 10.0. The van der Waals surface area contributed by atoms with E-state index in [1.54, 1.807) is 6.92 Å². The van der Waals surface area contributed by atoms with Crippen molar-refractivity contribution in [2.24, 2.45) is 0 Å². The lowest BCUT2D eigenvalue weighted by Crippen LogP contribution is -2.43. The standard InChI is InChI=1S/C20H28N2O3.ClH/c1-14(23)11-21-12-17-16-8-6-5-7-15(16)9-10-18(17)25-13-19(24)22-20(2,3)4;/h5-10,14,21,23H,11-13H2,1-4H3,(H,22,24);1H. The predicted molar refractivity (Wildman–Crippen MR) is 108 cm³/mol. The quantitative estimate of drug-likeness (QED) is 0.690. The zero-order chi connectivity index (χ0) is 18.4. The van der Waals surface area contributed by atoms with E-state index < -0.39 is 6.10 Å². The number of hydrogen-bond donors (Lipinski definition) is 3. The van der Waals surface area contributed by atoms with Gasteiger partial charge < -0.3 is 20.5 Å². The zero-order valence-electron chi connectivity index (χ0n) is 15.8. The molecular formula is C20H29ClN2O3. The molecule has 0 aliphatic rings. The van der Waals surface area contributed by atoms with Gasteiger partial charge in [-0.15, -0.1) is 12.4 Å². The molecule has 0 saturated heterocycles. The summed E-state index contributed by atoms with van der Waals surface area (Å²) in [5.41, 5.74) is 0.702. The third-order valence-electron chi connectivity index (χ3n) is 3.61. The number of halogens is 1. The monoisotopic (exact) mass is 380 g/mol. The van der Waals surface area contributed by atoms with Crippen molar-refractivity contribution in [3.8, 4) is 5.75 Å². The molecule has 144 valence electrons. The van der Waals surface area contributed by atoms with Crippen molar-refractivity contribution in [2.45, 2.75) is 45.9 Å². The maximum absolute atomic E-state index is 12.0. The molecular weight excluding hydrogens is 352 g/mol. The number of hydrogen-bond acceptors (Lipinski definition) is 4. The highest BCUT2D eigenvalue weighted by atomic mass is 35.5. The lowest BCUT2D eigenvalue weighted by molar-refractivity contribution is -0.124. The summed E-state index contributed by atoms with van der Waals surface area (Å²) in [4.78, 5) is 12.0. The molecule has 2 rings (SSSR count). The first-order valence-electron chi connectivity index (χ1n) is 8.59. The fraction of sp³-hybridized carbons (Fsp3) is 0.450. The SMILES string of the molecule is CC(O)CNCc1c(OCC(=O)NC(C)(C)C)ccc2ccccc12.Cl. The van der Waals surface area contributed by atoms with Crippen LogP contribution in [0.3, 0.4) is 0 Å². The van der Waals surface area contributed by atoms with Crippen LogP contribution in [0.15, 0.2) is 36.4 Å². The molecule has 2 aromatic carbocycles. The van der Waals surface area contributed by atoms with Gasteiger partial charge in [0.1, 0.15) is 5.75 Å². The first-order valence-corrected chi connectivity index (χ1v) is 8.59. The van der Waals surface area contributed by atoms with E-state index in [4.69, 9.17) is 4.74 Å². The molecule has 0 aliphatic carbocycles. The molecule has 0 heterocycles. The van der Waals surface area contributed by atoms with Gasteiger partial charge >= 0.3 is 0 Å². The molecule has 0 aromatic heterocycles. The Balaban J connectivity index is 0.00000338. The van der Waals surface area contributed by atoms with Gasteiger partial charge in [0.25, 0.3) is 5.91 Å². The highest BCUT2D eigenvalue weighted by Gasteiger charge is 2.15. The van der Waals surface area contributed by atoms with E-state index in [0.717, 1.165) is 16.3 Å². The summed E-state index contributed by atoms with van der Waals surface area (Å²) >= 11 is 0. The Morgan fingerprint density at radius 3 is 2.54 bits per heavy atom. The van der Waals surface area contributed by atoms with Crippen LogP contribution in [0.1, 0.15) is 33.3 Å². The number of aliphatic hydroxyl groups is 1. The molecule has 0 radical (unpaired) electrons. The number of ether oxygens (including phenoxy) is 1. The number of amides is 1. The van der Waals surface area contributed by atoms with Crippen LogP contribution in [0.4, 0.5) is 0 Å². The van der Waals surface area contributed by atoms with Crippen LogP contribution in [-0.2, 0) is 11.3 Å². The van der Waals surface area contributed by atoms with Gasteiger partial charge in [-0.3, -0.25) is 4.79 Å². The van der Waals surface area contributed by atoms with Crippen molar-refractivity contribution < 1.29 is 14.6 Å².